The number of hydrogen-bond acceptors (Lipinski definition) is 3. The van der Waals surface area contributed by atoms with Gasteiger partial charge in [0.1, 0.15) is 6.54 Å². The van der Waals surface area contributed by atoms with Gasteiger partial charge in [-0.25, -0.2) is 8.42 Å². The molecule has 1 heterocycles. The molecule has 1 aliphatic carbocycles. The molecule has 0 atom stereocenters. The third-order valence-electron chi connectivity index (χ3n) is 5.48. The van der Waals surface area contributed by atoms with Crippen molar-refractivity contribution in [2.45, 2.75) is 49.5 Å². The molecule has 1 amide bonds. The molecule has 2 aliphatic rings. The summed E-state index contributed by atoms with van der Waals surface area (Å²) in [5.41, 5.74) is 1.82. The van der Waals surface area contributed by atoms with Crippen LogP contribution in [0, 0.1) is 0 Å². The Bertz CT molecular complexity index is 998. The van der Waals surface area contributed by atoms with Gasteiger partial charge in [-0.1, -0.05) is 55.5 Å². The maximum atomic E-state index is 13.2. The van der Waals surface area contributed by atoms with Crippen LogP contribution in [0.4, 0.5) is 5.69 Å². The van der Waals surface area contributed by atoms with Gasteiger partial charge in [0.25, 0.3) is 10.0 Å². The van der Waals surface area contributed by atoms with Crippen molar-refractivity contribution >= 4 is 33.2 Å². The minimum atomic E-state index is -3.82. The van der Waals surface area contributed by atoms with Crippen LogP contribution in [0.25, 0.3) is 11.1 Å². The average molecular weight is 419 g/mol. The summed E-state index contributed by atoms with van der Waals surface area (Å²) in [5.74, 6) is -0.268. The molecule has 1 fully saturated rings. The second kappa shape index (κ2) is 7.76. The molecule has 1 N–H and O–H groups in total. The molecule has 0 radical (unpaired) electrons. The minimum Gasteiger partial charge on any atom is -0.352 e. The highest BCUT2D eigenvalue weighted by Gasteiger charge is 2.36. The molecule has 7 heteroatoms. The van der Waals surface area contributed by atoms with Crippen molar-refractivity contribution in [2.75, 3.05) is 10.8 Å². The van der Waals surface area contributed by atoms with Crippen molar-refractivity contribution in [3.05, 3.63) is 47.5 Å². The Kier molecular flexibility index (Phi) is 5.34. The van der Waals surface area contributed by atoms with E-state index in [0.29, 0.717) is 16.3 Å². The zero-order valence-electron chi connectivity index (χ0n) is 15.5. The van der Waals surface area contributed by atoms with E-state index in [9.17, 15) is 13.2 Å². The van der Waals surface area contributed by atoms with Crippen LogP contribution >= 0.6 is 11.6 Å². The van der Waals surface area contributed by atoms with Crippen molar-refractivity contribution in [3.63, 3.8) is 0 Å². The van der Waals surface area contributed by atoms with Crippen LogP contribution in [0.15, 0.2) is 47.4 Å². The SMILES string of the molecule is O=C(CN1c2ccc(Cl)cc2-c2ccccc2S1(=O)=O)NC1CCCCCC1. The number of nitrogens with one attached hydrogen (secondary N) is 1. The monoisotopic (exact) mass is 418 g/mol. The Hall–Kier alpha value is -2.05. The van der Waals surface area contributed by atoms with E-state index < -0.39 is 10.0 Å². The van der Waals surface area contributed by atoms with Crippen molar-refractivity contribution in [1.29, 1.82) is 0 Å². The van der Waals surface area contributed by atoms with Crippen LogP contribution in [0.5, 0.6) is 0 Å². The summed E-state index contributed by atoms with van der Waals surface area (Å²) < 4.78 is 27.7. The van der Waals surface area contributed by atoms with Crippen molar-refractivity contribution in [1.82, 2.24) is 5.32 Å². The molecule has 4 rings (SSSR count). The van der Waals surface area contributed by atoms with Gasteiger partial charge in [0.2, 0.25) is 5.91 Å². The normalized spacial score (nSPS) is 18.7. The summed E-state index contributed by atoms with van der Waals surface area (Å²) in [5, 5.41) is 3.56. The fourth-order valence-corrected chi connectivity index (χ4v) is 5.92. The second-order valence-corrected chi connectivity index (χ2v) is 9.69. The van der Waals surface area contributed by atoms with Gasteiger partial charge in [0.15, 0.2) is 0 Å². The number of halogens is 1. The van der Waals surface area contributed by atoms with Crippen molar-refractivity contribution < 1.29 is 13.2 Å². The van der Waals surface area contributed by atoms with Crippen LogP contribution in [0.2, 0.25) is 5.02 Å². The Morgan fingerprint density at radius 1 is 1.04 bits per heavy atom. The number of carbonyl (C=O) groups is 1. The quantitative estimate of drug-likeness (QED) is 0.753. The van der Waals surface area contributed by atoms with Gasteiger partial charge < -0.3 is 5.32 Å². The number of hydrogen-bond donors (Lipinski definition) is 1. The van der Waals surface area contributed by atoms with Gasteiger partial charge in [-0.3, -0.25) is 9.10 Å². The Morgan fingerprint density at radius 2 is 1.75 bits per heavy atom. The van der Waals surface area contributed by atoms with Crippen LogP contribution in [-0.2, 0) is 14.8 Å². The molecule has 1 aliphatic heterocycles. The summed E-state index contributed by atoms with van der Waals surface area (Å²) in [6.45, 7) is -0.234. The van der Waals surface area contributed by atoms with E-state index >= 15 is 0 Å². The molecule has 2 aromatic rings. The molecular weight excluding hydrogens is 396 g/mol. The van der Waals surface area contributed by atoms with Gasteiger partial charge >= 0.3 is 0 Å². The molecular formula is C21H23ClN2O3S. The van der Waals surface area contributed by atoms with E-state index in [0.717, 1.165) is 31.2 Å². The van der Waals surface area contributed by atoms with Gasteiger partial charge in [-0.05, 0) is 37.1 Å². The highest BCUT2D eigenvalue weighted by molar-refractivity contribution is 7.93. The number of fused-ring (bicyclic) bond motifs is 3. The summed E-state index contributed by atoms with van der Waals surface area (Å²) in [4.78, 5) is 12.9. The number of amides is 1. The van der Waals surface area contributed by atoms with Crippen LogP contribution in [0.1, 0.15) is 38.5 Å². The highest BCUT2D eigenvalue weighted by atomic mass is 35.5. The highest BCUT2D eigenvalue weighted by Crippen LogP contribution is 2.43. The zero-order chi connectivity index (χ0) is 19.7. The average Bonchev–Trinajstić information content (AvgIpc) is 2.94. The lowest BCUT2D eigenvalue weighted by molar-refractivity contribution is -0.120. The Labute approximate surface area is 170 Å². The van der Waals surface area contributed by atoms with Crippen molar-refractivity contribution in [3.8, 4) is 11.1 Å². The number of rotatable bonds is 3. The first kappa shape index (κ1) is 19.3. The van der Waals surface area contributed by atoms with E-state index in [4.69, 9.17) is 11.6 Å². The third-order valence-corrected chi connectivity index (χ3v) is 7.53. The lowest BCUT2D eigenvalue weighted by Gasteiger charge is -2.32. The predicted molar refractivity (Wildman–Crippen MR) is 111 cm³/mol. The van der Waals surface area contributed by atoms with E-state index in [-0.39, 0.29) is 23.4 Å². The van der Waals surface area contributed by atoms with Gasteiger partial charge in [0, 0.05) is 22.2 Å². The summed E-state index contributed by atoms with van der Waals surface area (Å²) in [7, 11) is -3.82. The van der Waals surface area contributed by atoms with Crippen molar-refractivity contribution in [2.24, 2.45) is 0 Å². The maximum absolute atomic E-state index is 13.2. The first-order chi connectivity index (χ1) is 13.5. The lowest BCUT2D eigenvalue weighted by atomic mass is 10.0. The summed E-state index contributed by atoms with van der Waals surface area (Å²) in [6, 6.07) is 12.0. The maximum Gasteiger partial charge on any atom is 0.265 e. The van der Waals surface area contributed by atoms with Crippen LogP contribution < -0.4 is 9.62 Å². The van der Waals surface area contributed by atoms with E-state index in [2.05, 4.69) is 5.32 Å². The van der Waals surface area contributed by atoms with E-state index in [1.54, 1.807) is 42.5 Å². The molecule has 0 bridgehead atoms. The molecule has 148 valence electrons. The molecule has 0 unspecified atom stereocenters. The second-order valence-electron chi connectivity index (χ2n) is 7.43. The number of carbonyl (C=O) groups excluding carboxylic acids is 1. The molecule has 5 nitrogen and oxygen atoms in total. The molecule has 1 saturated carbocycles. The summed E-state index contributed by atoms with van der Waals surface area (Å²) >= 11 is 6.16. The number of nitrogens with zero attached hydrogens (tertiary/aromatic N) is 1. The molecule has 0 saturated heterocycles. The zero-order valence-corrected chi connectivity index (χ0v) is 17.1. The first-order valence-electron chi connectivity index (χ1n) is 9.68. The minimum absolute atomic E-state index is 0.125. The smallest absolute Gasteiger partial charge is 0.265 e. The van der Waals surface area contributed by atoms with Crippen LogP contribution in [-0.4, -0.2) is 26.9 Å². The van der Waals surface area contributed by atoms with Gasteiger partial charge in [-0.15, -0.1) is 0 Å². The molecule has 2 aromatic carbocycles. The molecule has 0 spiro atoms. The molecule has 0 aromatic heterocycles. The summed E-state index contributed by atoms with van der Waals surface area (Å²) in [6.07, 6.45) is 6.49. The number of sulfonamides is 1. The topological polar surface area (TPSA) is 66.5 Å². The number of benzene rings is 2. The van der Waals surface area contributed by atoms with E-state index in [1.807, 2.05) is 0 Å². The van der Waals surface area contributed by atoms with Gasteiger partial charge in [0.05, 0.1) is 10.6 Å². The third kappa shape index (κ3) is 3.63. The Balaban J connectivity index is 1.66. The largest absolute Gasteiger partial charge is 0.352 e. The van der Waals surface area contributed by atoms with Crippen LogP contribution in [0.3, 0.4) is 0 Å². The number of anilines is 1. The Morgan fingerprint density at radius 3 is 2.50 bits per heavy atom. The molecule has 28 heavy (non-hydrogen) atoms. The predicted octanol–water partition coefficient (Wildman–Crippen LogP) is 4.35. The first-order valence-corrected chi connectivity index (χ1v) is 11.5. The standard InChI is InChI=1S/C21H23ClN2O3S/c22-15-11-12-19-18(13-15)17-9-5-6-10-20(17)28(26,27)24(19)14-21(25)23-16-7-3-1-2-4-8-16/h5-6,9-13,16H,1-4,7-8,14H2,(H,23,25). The van der Waals surface area contributed by atoms with Gasteiger partial charge in [-0.2, -0.15) is 0 Å². The fraction of sp³-hybridized carbons (Fsp3) is 0.381. The fourth-order valence-electron chi connectivity index (χ4n) is 4.10. The lowest BCUT2D eigenvalue weighted by Crippen LogP contribution is -2.45. The van der Waals surface area contributed by atoms with E-state index in [1.165, 1.54) is 17.1 Å².